The monoisotopic (exact) mass is 340 g/mol. The zero-order valence-corrected chi connectivity index (χ0v) is 14.8. The van der Waals surface area contributed by atoms with Gasteiger partial charge in [0.1, 0.15) is 0 Å². The molecule has 0 aliphatic heterocycles. The van der Waals surface area contributed by atoms with Crippen molar-refractivity contribution in [2.24, 2.45) is 0 Å². The quantitative estimate of drug-likeness (QED) is 0.428. The van der Waals surface area contributed by atoms with E-state index in [4.69, 9.17) is 26.4 Å². The van der Waals surface area contributed by atoms with Gasteiger partial charge in [-0.05, 0) is 44.6 Å². The predicted molar refractivity (Wildman–Crippen MR) is 94.2 cm³/mol. The minimum absolute atomic E-state index is 0.0803. The summed E-state index contributed by atoms with van der Waals surface area (Å²) in [6.07, 6.45) is 0.937. The number of hydrogen-bond donors (Lipinski definition) is 2. The fraction of sp³-hybridized carbons (Fsp3) is 0.500. The first kappa shape index (κ1) is 19.0. The number of ether oxygens (including phenoxy) is 3. The summed E-state index contributed by atoms with van der Waals surface area (Å²) in [4.78, 5) is 11.4. The van der Waals surface area contributed by atoms with E-state index in [2.05, 4.69) is 10.6 Å². The van der Waals surface area contributed by atoms with E-state index in [1.807, 2.05) is 19.9 Å². The van der Waals surface area contributed by atoms with E-state index in [9.17, 15) is 4.79 Å². The molecule has 6 nitrogen and oxygen atoms in total. The van der Waals surface area contributed by atoms with Crippen molar-refractivity contribution in [3.8, 4) is 11.5 Å². The average Bonchev–Trinajstić information content (AvgIpc) is 2.50. The summed E-state index contributed by atoms with van der Waals surface area (Å²) in [5, 5.41) is 6.58. The molecule has 0 unspecified atom stereocenters. The van der Waals surface area contributed by atoms with E-state index in [1.54, 1.807) is 26.4 Å². The van der Waals surface area contributed by atoms with Gasteiger partial charge in [0.2, 0.25) is 0 Å². The number of carbonyl (C=O) groups is 1. The van der Waals surface area contributed by atoms with Crippen LogP contribution in [0.5, 0.6) is 11.5 Å². The first-order valence-electron chi connectivity index (χ1n) is 7.42. The highest BCUT2D eigenvalue weighted by Crippen LogP contribution is 2.29. The van der Waals surface area contributed by atoms with Gasteiger partial charge in [0.15, 0.2) is 16.6 Å². The third-order valence-electron chi connectivity index (χ3n) is 2.85. The topological polar surface area (TPSA) is 68.8 Å². The Morgan fingerprint density at radius 1 is 1.22 bits per heavy atom. The van der Waals surface area contributed by atoms with Crippen LogP contribution in [0, 0.1) is 0 Å². The maximum Gasteiger partial charge on any atom is 0.306 e. The molecule has 1 aromatic carbocycles. The Morgan fingerprint density at radius 2 is 1.91 bits per heavy atom. The fourth-order valence-electron chi connectivity index (χ4n) is 1.85. The van der Waals surface area contributed by atoms with Crippen molar-refractivity contribution in [3.63, 3.8) is 0 Å². The Bertz CT molecular complexity index is 535. The second kappa shape index (κ2) is 9.89. The number of benzene rings is 1. The van der Waals surface area contributed by atoms with Crippen LogP contribution in [0.4, 0.5) is 5.69 Å². The summed E-state index contributed by atoms with van der Waals surface area (Å²) < 4.78 is 15.5. The maximum atomic E-state index is 11.4. The number of anilines is 1. The highest BCUT2D eigenvalue weighted by molar-refractivity contribution is 7.80. The van der Waals surface area contributed by atoms with E-state index in [1.165, 1.54) is 0 Å². The lowest BCUT2D eigenvalue weighted by atomic mass is 10.3. The summed E-state index contributed by atoms with van der Waals surface area (Å²) in [6, 6.07) is 5.44. The van der Waals surface area contributed by atoms with Gasteiger partial charge in [-0.25, -0.2) is 0 Å². The number of nitrogens with one attached hydrogen (secondary N) is 2. The Kier molecular flexibility index (Phi) is 8.18. The summed E-state index contributed by atoms with van der Waals surface area (Å²) in [6.45, 7) is 4.25. The number of hydrogen-bond acceptors (Lipinski definition) is 5. The number of methoxy groups -OCH3 is 2. The molecule has 0 atom stereocenters. The third kappa shape index (κ3) is 7.19. The van der Waals surface area contributed by atoms with Crippen molar-refractivity contribution in [2.45, 2.75) is 32.8 Å². The van der Waals surface area contributed by atoms with Crippen LogP contribution in [0.25, 0.3) is 0 Å². The lowest BCUT2D eigenvalue weighted by Crippen LogP contribution is -2.29. The van der Waals surface area contributed by atoms with Crippen LogP contribution in [0.2, 0.25) is 0 Å². The SMILES string of the molecule is COc1ccc(NC(=S)NCCCC(=O)OC(C)C)cc1OC. The van der Waals surface area contributed by atoms with Crippen LogP contribution in [0.1, 0.15) is 26.7 Å². The van der Waals surface area contributed by atoms with E-state index in [0.717, 1.165) is 5.69 Å². The second-order valence-electron chi connectivity index (χ2n) is 5.09. The number of thiocarbonyl (C=S) groups is 1. The van der Waals surface area contributed by atoms with Crippen molar-refractivity contribution in [2.75, 3.05) is 26.1 Å². The molecule has 0 radical (unpaired) electrons. The van der Waals surface area contributed by atoms with Gasteiger partial charge in [0, 0.05) is 24.7 Å². The van der Waals surface area contributed by atoms with Gasteiger partial charge in [0.05, 0.1) is 20.3 Å². The zero-order chi connectivity index (χ0) is 17.2. The molecule has 7 heteroatoms. The molecule has 2 N–H and O–H groups in total. The van der Waals surface area contributed by atoms with Crippen LogP contribution in [-0.4, -0.2) is 38.0 Å². The summed E-state index contributed by atoms with van der Waals surface area (Å²) in [7, 11) is 3.16. The maximum absolute atomic E-state index is 11.4. The standard InChI is InChI=1S/C16H24N2O4S/c1-11(2)22-15(19)6-5-9-17-16(23)18-12-7-8-13(20-3)14(10-12)21-4/h7-8,10-11H,5-6,9H2,1-4H3,(H2,17,18,23). The van der Waals surface area contributed by atoms with E-state index in [0.29, 0.717) is 36.0 Å². The second-order valence-corrected chi connectivity index (χ2v) is 5.50. The van der Waals surface area contributed by atoms with E-state index in [-0.39, 0.29) is 12.1 Å². The molecule has 0 saturated heterocycles. The van der Waals surface area contributed by atoms with Crippen molar-refractivity contribution in [1.82, 2.24) is 5.32 Å². The molecule has 0 amide bonds. The molecule has 0 aromatic heterocycles. The summed E-state index contributed by atoms with van der Waals surface area (Å²) in [5.74, 6) is 1.08. The van der Waals surface area contributed by atoms with Gasteiger partial charge in [-0.1, -0.05) is 0 Å². The highest BCUT2D eigenvalue weighted by Gasteiger charge is 2.07. The lowest BCUT2D eigenvalue weighted by molar-refractivity contribution is -0.147. The molecule has 0 saturated carbocycles. The molecule has 0 aliphatic rings. The normalized spacial score (nSPS) is 10.1. The number of rotatable bonds is 8. The molecular weight excluding hydrogens is 316 g/mol. The van der Waals surface area contributed by atoms with Crippen LogP contribution < -0.4 is 20.1 Å². The minimum atomic E-state index is -0.194. The Labute approximate surface area is 142 Å². The molecule has 0 aliphatic carbocycles. The lowest BCUT2D eigenvalue weighted by Gasteiger charge is -2.13. The Balaban J connectivity index is 2.35. The van der Waals surface area contributed by atoms with Crippen molar-refractivity contribution >= 4 is 29.0 Å². The van der Waals surface area contributed by atoms with Gasteiger partial charge in [-0.2, -0.15) is 0 Å². The highest BCUT2D eigenvalue weighted by atomic mass is 32.1. The van der Waals surface area contributed by atoms with E-state index < -0.39 is 0 Å². The first-order valence-corrected chi connectivity index (χ1v) is 7.83. The molecule has 0 heterocycles. The largest absolute Gasteiger partial charge is 0.493 e. The van der Waals surface area contributed by atoms with Gasteiger partial charge in [-0.3, -0.25) is 4.79 Å². The predicted octanol–water partition coefficient (Wildman–Crippen LogP) is 2.72. The molecule has 1 aromatic rings. The van der Waals surface area contributed by atoms with Crippen molar-refractivity contribution < 1.29 is 19.0 Å². The molecule has 0 spiro atoms. The molecule has 0 bridgehead atoms. The average molecular weight is 340 g/mol. The smallest absolute Gasteiger partial charge is 0.306 e. The third-order valence-corrected chi connectivity index (χ3v) is 3.10. The van der Waals surface area contributed by atoms with Gasteiger partial charge in [-0.15, -0.1) is 0 Å². The van der Waals surface area contributed by atoms with Crippen LogP contribution >= 0.6 is 12.2 Å². The number of esters is 1. The Hall–Kier alpha value is -2.02. The van der Waals surface area contributed by atoms with Crippen molar-refractivity contribution in [1.29, 1.82) is 0 Å². The minimum Gasteiger partial charge on any atom is -0.493 e. The van der Waals surface area contributed by atoms with Gasteiger partial charge < -0.3 is 24.8 Å². The Morgan fingerprint density at radius 3 is 2.52 bits per heavy atom. The zero-order valence-electron chi connectivity index (χ0n) is 14.0. The first-order chi connectivity index (χ1) is 11.0. The van der Waals surface area contributed by atoms with Gasteiger partial charge in [0.25, 0.3) is 0 Å². The summed E-state index contributed by atoms with van der Waals surface area (Å²) in [5.41, 5.74) is 0.791. The van der Waals surface area contributed by atoms with E-state index >= 15 is 0 Å². The molecule has 128 valence electrons. The fourth-order valence-corrected chi connectivity index (χ4v) is 2.07. The van der Waals surface area contributed by atoms with Crippen LogP contribution in [0.15, 0.2) is 18.2 Å². The van der Waals surface area contributed by atoms with Gasteiger partial charge >= 0.3 is 5.97 Å². The van der Waals surface area contributed by atoms with Crippen molar-refractivity contribution in [3.05, 3.63) is 18.2 Å². The van der Waals surface area contributed by atoms with Crippen LogP contribution in [-0.2, 0) is 9.53 Å². The molecule has 23 heavy (non-hydrogen) atoms. The summed E-state index contributed by atoms with van der Waals surface area (Å²) >= 11 is 5.22. The molecule has 1 rings (SSSR count). The molecule has 0 fully saturated rings. The molecular formula is C16H24N2O4S. The van der Waals surface area contributed by atoms with Crippen LogP contribution in [0.3, 0.4) is 0 Å². The number of carbonyl (C=O) groups excluding carboxylic acids is 1.